The number of anilines is 1. The number of hydrogen-bond acceptors (Lipinski definition) is 3. The molecule has 132 valence electrons. The van der Waals surface area contributed by atoms with Crippen molar-refractivity contribution in [2.45, 2.75) is 19.8 Å². The molecule has 0 N–H and O–H groups in total. The number of nitrogens with zero attached hydrogens (tertiary/aromatic N) is 2. The van der Waals surface area contributed by atoms with Gasteiger partial charge in [-0.3, -0.25) is 9.59 Å². The fourth-order valence-electron chi connectivity index (χ4n) is 3.58. The molecule has 0 unspecified atom stereocenters. The van der Waals surface area contributed by atoms with Crippen molar-refractivity contribution < 1.29 is 9.59 Å². The van der Waals surface area contributed by atoms with Crippen LogP contribution >= 0.6 is 15.9 Å². The van der Waals surface area contributed by atoms with E-state index in [4.69, 9.17) is 0 Å². The van der Waals surface area contributed by atoms with Crippen molar-refractivity contribution in [1.82, 2.24) is 4.90 Å². The van der Waals surface area contributed by atoms with E-state index >= 15 is 0 Å². The molecule has 4 nitrogen and oxygen atoms in total. The minimum absolute atomic E-state index is 0.231. The zero-order valence-electron chi connectivity index (χ0n) is 14.5. The quantitative estimate of drug-likeness (QED) is 0.713. The van der Waals surface area contributed by atoms with Crippen LogP contribution in [-0.2, 0) is 9.59 Å². The Labute approximate surface area is 161 Å². The van der Waals surface area contributed by atoms with Crippen molar-refractivity contribution in [3.63, 3.8) is 0 Å². The van der Waals surface area contributed by atoms with Crippen LogP contribution in [0.1, 0.15) is 24.0 Å². The zero-order valence-corrected chi connectivity index (χ0v) is 16.1. The molecule has 0 atom stereocenters. The number of carbonyl (C=O) groups is 2. The molecule has 0 aromatic heterocycles. The Bertz CT molecular complexity index is 912. The van der Waals surface area contributed by atoms with Crippen molar-refractivity contribution in [2.75, 3.05) is 18.0 Å². The van der Waals surface area contributed by atoms with Crippen molar-refractivity contribution in [3.8, 4) is 0 Å². The van der Waals surface area contributed by atoms with Crippen LogP contribution < -0.4 is 4.90 Å². The normalized spacial score (nSPS) is 17.6. The van der Waals surface area contributed by atoms with Gasteiger partial charge in [0.2, 0.25) is 0 Å². The van der Waals surface area contributed by atoms with Crippen molar-refractivity contribution in [3.05, 3.63) is 69.8 Å². The van der Waals surface area contributed by atoms with Gasteiger partial charge in [-0.15, -0.1) is 0 Å². The predicted molar refractivity (Wildman–Crippen MR) is 106 cm³/mol. The van der Waals surface area contributed by atoms with Gasteiger partial charge in [0, 0.05) is 17.6 Å². The minimum Gasteiger partial charge on any atom is -0.366 e. The summed E-state index contributed by atoms with van der Waals surface area (Å²) in [5.41, 5.74) is 3.56. The molecule has 4 rings (SSSR count). The van der Waals surface area contributed by atoms with E-state index < -0.39 is 0 Å². The SMILES string of the molecule is Cc1ccc(C2=C(N3CCCC3)C(=O)N(c3cccc(Br)c3)C2=O)cc1. The third-order valence-electron chi connectivity index (χ3n) is 4.89. The lowest BCUT2D eigenvalue weighted by Crippen LogP contribution is -2.34. The van der Waals surface area contributed by atoms with Gasteiger partial charge in [0.05, 0.1) is 11.3 Å². The smallest absolute Gasteiger partial charge is 0.282 e. The summed E-state index contributed by atoms with van der Waals surface area (Å²) >= 11 is 3.43. The Morgan fingerprint density at radius 2 is 1.62 bits per heavy atom. The van der Waals surface area contributed by atoms with Crippen LogP contribution in [0.15, 0.2) is 58.7 Å². The van der Waals surface area contributed by atoms with Crippen LogP contribution in [0.2, 0.25) is 0 Å². The molecule has 2 aromatic carbocycles. The second-order valence-electron chi connectivity index (χ2n) is 6.71. The van der Waals surface area contributed by atoms with Gasteiger partial charge in [0.1, 0.15) is 5.70 Å². The molecular formula is C21H19BrN2O2. The third kappa shape index (κ3) is 2.86. The highest BCUT2D eigenvalue weighted by molar-refractivity contribution is 9.10. The zero-order chi connectivity index (χ0) is 18.3. The fourth-order valence-corrected chi connectivity index (χ4v) is 3.97. The van der Waals surface area contributed by atoms with Gasteiger partial charge in [-0.1, -0.05) is 51.8 Å². The summed E-state index contributed by atoms with van der Waals surface area (Å²) in [7, 11) is 0. The highest BCUT2D eigenvalue weighted by atomic mass is 79.9. The molecule has 2 aliphatic rings. The van der Waals surface area contributed by atoms with Crippen molar-refractivity contribution >= 4 is 39.0 Å². The van der Waals surface area contributed by atoms with E-state index in [9.17, 15) is 9.59 Å². The van der Waals surface area contributed by atoms with Crippen LogP contribution in [0.3, 0.4) is 0 Å². The number of halogens is 1. The number of amides is 2. The molecule has 2 heterocycles. The third-order valence-corrected chi connectivity index (χ3v) is 5.38. The summed E-state index contributed by atoms with van der Waals surface area (Å²) in [5, 5.41) is 0. The van der Waals surface area contributed by atoms with Crippen LogP contribution in [0.25, 0.3) is 5.57 Å². The van der Waals surface area contributed by atoms with E-state index in [1.54, 1.807) is 12.1 Å². The maximum absolute atomic E-state index is 13.3. The molecule has 1 fully saturated rings. The van der Waals surface area contributed by atoms with E-state index in [0.29, 0.717) is 17.0 Å². The van der Waals surface area contributed by atoms with E-state index in [1.807, 2.05) is 43.3 Å². The van der Waals surface area contributed by atoms with Gasteiger partial charge < -0.3 is 4.90 Å². The van der Waals surface area contributed by atoms with Crippen LogP contribution in [-0.4, -0.2) is 29.8 Å². The van der Waals surface area contributed by atoms with Gasteiger partial charge >= 0.3 is 0 Å². The highest BCUT2D eigenvalue weighted by Gasteiger charge is 2.42. The monoisotopic (exact) mass is 410 g/mol. The molecule has 0 aliphatic carbocycles. The number of benzene rings is 2. The van der Waals surface area contributed by atoms with Gasteiger partial charge in [-0.05, 0) is 43.5 Å². The first-order chi connectivity index (χ1) is 12.6. The molecule has 0 radical (unpaired) electrons. The first-order valence-corrected chi connectivity index (χ1v) is 9.56. The second-order valence-corrected chi connectivity index (χ2v) is 7.63. The molecule has 2 aliphatic heterocycles. The minimum atomic E-state index is -0.251. The number of hydrogen-bond donors (Lipinski definition) is 0. The number of rotatable bonds is 3. The Morgan fingerprint density at radius 3 is 2.27 bits per heavy atom. The number of carbonyl (C=O) groups excluding carboxylic acids is 2. The largest absolute Gasteiger partial charge is 0.366 e. The van der Waals surface area contributed by atoms with Gasteiger partial charge in [-0.2, -0.15) is 0 Å². The van der Waals surface area contributed by atoms with Gasteiger partial charge in [-0.25, -0.2) is 4.90 Å². The lowest BCUT2D eigenvalue weighted by molar-refractivity contribution is -0.120. The number of aryl methyl sites for hydroxylation is 1. The molecule has 0 bridgehead atoms. The summed E-state index contributed by atoms with van der Waals surface area (Å²) in [5.74, 6) is -0.482. The van der Waals surface area contributed by atoms with Crippen LogP contribution in [0.4, 0.5) is 5.69 Å². The summed E-state index contributed by atoms with van der Waals surface area (Å²) in [6.45, 7) is 3.64. The first-order valence-electron chi connectivity index (χ1n) is 8.77. The standard InChI is InChI=1S/C21H19BrN2O2/c1-14-7-9-15(10-8-14)18-19(23-11-2-3-12-23)21(26)24(20(18)25)17-6-4-5-16(22)13-17/h4-10,13H,2-3,11-12H2,1H3. The molecule has 0 saturated carbocycles. The van der Waals surface area contributed by atoms with Gasteiger partial charge in [0.25, 0.3) is 11.8 Å². The summed E-state index contributed by atoms with van der Waals surface area (Å²) < 4.78 is 0.835. The van der Waals surface area contributed by atoms with Crippen molar-refractivity contribution in [2.24, 2.45) is 0 Å². The highest BCUT2D eigenvalue weighted by Crippen LogP contribution is 2.36. The summed E-state index contributed by atoms with van der Waals surface area (Å²) in [6, 6.07) is 15.1. The first kappa shape index (κ1) is 17.0. The van der Waals surface area contributed by atoms with E-state index in [0.717, 1.165) is 41.5 Å². The topological polar surface area (TPSA) is 40.6 Å². The fraction of sp³-hybridized carbons (Fsp3) is 0.238. The lowest BCUT2D eigenvalue weighted by atomic mass is 10.0. The van der Waals surface area contributed by atoms with E-state index in [-0.39, 0.29) is 11.8 Å². The molecule has 2 aromatic rings. The maximum Gasteiger partial charge on any atom is 0.282 e. The molecule has 26 heavy (non-hydrogen) atoms. The Balaban J connectivity index is 1.84. The molecular weight excluding hydrogens is 392 g/mol. The van der Waals surface area contributed by atoms with Crippen molar-refractivity contribution in [1.29, 1.82) is 0 Å². The summed E-state index contributed by atoms with van der Waals surface area (Å²) in [4.78, 5) is 29.9. The lowest BCUT2D eigenvalue weighted by Gasteiger charge is -2.20. The average molecular weight is 411 g/mol. The molecule has 2 amide bonds. The van der Waals surface area contributed by atoms with Crippen LogP contribution in [0.5, 0.6) is 0 Å². The van der Waals surface area contributed by atoms with E-state index in [2.05, 4.69) is 20.8 Å². The Kier molecular flexibility index (Phi) is 4.41. The number of likely N-dealkylation sites (tertiary alicyclic amines) is 1. The van der Waals surface area contributed by atoms with E-state index in [1.165, 1.54) is 4.90 Å². The second kappa shape index (κ2) is 6.72. The maximum atomic E-state index is 13.3. The van der Waals surface area contributed by atoms with Crippen LogP contribution in [0, 0.1) is 6.92 Å². The summed E-state index contributed by atoms with van der Waals surface area (Å²) in [6.07, 6.45) is 2.09. The predicted octanol–water partition coefficient (Wildman–Crippen LogP) is 4.14. The average Bonchev–Trinajstić information content (AvgIpc) is 3.22. The Hall–Kier alpha value is -2.40. The molecule has 1 saturated heterocycles. The molecule has 0 spiro atoms. The Morgan fingerprint density at radius 1 is 0.923 bits per heavy atom. The van der Waals surface area contributed by atoms with Gasteiger partial charge in [0.15, 0.2) is 0 Å². The number of imide groups is 1. The molecule has 5 heteroatoms.